The predicted molar refractivity (Wildman–Crippen MR) is 85.6 cm³/mol. The molecular formula is C17H19F6NO4. The van der Waals surface area contributed by atoms with Crippen molar-refractivity contribution in [3.63, 3.8) is 0 Å². The first-order valence-electron chi connectivity index (χ1n) is 7.97. The molecule has 1 unspecified atom stereocenters. The number of rotatable bonds is 5. The molecule has 2 N–H and O–H groups in total. The van der Waals surface area contributed by atoms with Crippen LogP contribution in [-0.4, -0.2) is 28.8 Å². The van der Waals surface area contributed by atoms with E-state index in [-0.39, 0.29) is 6.07 Å². The Morgan fingerprint density at radius 3 is 1.82 bits per heavy atom. The van der Waals surface area contributed by atoms with Gasteiger partial charge in [0.25, 0.3) is 0 Å². The van der Waals surface area contributed by atoms with E-state index in [2.05, 4.69) is 5.32 Å². The largest absolute Gasteiger partial charge is 0.481 e. The van der Waals surface area contributed by atoms with Crippen LogP contribution in [-0.2, 0) is 28.3 Å². The van der Waals surface area contributed by atoms with Crippen molar-refractivity contribution in [2.45, 2.75) is 57.6 Å². The molecule has 0 heterocycles. The molecule has 1 amide bonds. The van der Waals surface area contributed by atoms with E-state index in [9.17, 15) is 35.9 Å². The number of nitrogens with one attached hydrogen (secondary N) is 1. The molecule has 0 bridgehead atoms. The fraction of sp³-hybridized carbons (Fsp3) is 0.529. The smallest absolute Gasteiger partial charge is 0.416 e. The van der Waals surface area contributed by atoms with Crippen molar-refractivity contribution in [2.24, 2.45) is 0 Å². The third kappa shape index (κ3) is 8.05. The second-order valence-corrected chi connectivity index (χ2v) is 7.06. The van der Waals surface area contributed by atoms with Crippen LogP contribution < -0.4 is 5.32 Å². The van der Waals surface area contributed by atoms with Crippen LogP contribution in [0.3, 0.4) is 0 Å². The second-order valence-electron chi connectivity index (χ2n) is 7.06. The topological polar surface area (TPSA) is 75.6 Å². The SMILES string of the molecule is CC(C)(C)OC(=O)NC(CC(=O)O)Cc1cc(C(F)(F)F)cc(C(F)(F)F)c1. The first-order chi connectivity index (χ1) is 12.5. The average molecular weight is 415 g/mol. The van der Waals surface area contributed by atoms with Crippen molar-refractivity contribution in [1.82, 2.24) is 5.32 Å². The number of halogens is 6. The molecule has 0 aromatic heterocycles. The summed E-state index contributed by atoms with van der Waals surface area (Å²) in [6.07, 6.45) is -12.4. The molecule has 0 aliphatic carbocycles. The summed E-state index contributed by atoms with van der Waals surface area (Å²) in [7, 11) is 0. The summed E-state index contributed by atoms with van der Waals surface area (Å²) in [5, 5.41) is 11.1. The number of alkyl halides is 6. The van der Waals surface area contributed by atoms with E-state index in [1.165, 1.54) is 20.8 Å². The zero-order chi connectivity index (χ0) is 21.9. The first-order valence-corrected chi connectivity index (χ1v) is 7.97. The van der Waals surface area contributed by atoms with Crippen LogP contribution in [0, 0.1) is 0 Å². The third-order valence-corrected chi connectivity index (χ3v) is 3.27. The molecule has 0 spiro atoms. The van der Waals surface area contributed by atoms with Gasteiger partial charge in [0.15, 0.2) is 0 Å². The standard InChI is InChI=1S/C17H19F6NO4/c1-15(2,3)28-14(27)24-12(8-13(25)26)6-9-4-10(16(18,19)20)7-11(5-9)17(21,22)23/h4-5,7,12H,6,8H2,1-3H3,(H,24,27)(H,25,26). The number of benzene rings is 1. The summed E-state index contributed by atoms with van der Waals surface area (Å²) >= 11 is 0. The molecule has 158 valence electrons. The molecule has 0 radical (unpaired) electrons. The molecule has 5 nitrogen and oxygen atoms in total. The van der Waals surface area contributed by atoms with Gasteiger partial charge in [-0.05, 0) is 51.0 Å². The van der Waals surface area contributed by atoms with Gasteiger partial charge >= 0.3 is 24.4 Å². The zero-order valence-corrected chi connectivity index (χ0v) is 15.2. The lowest BCUT2D eigenvalue weighted by Crippen LogP contribution is -2.41. The number of carboxylic acids is 1. The van der Waals surface area contributed by atoms with Crippen molar-refractivity contribution in [1.29, 1.82) is 0 Å². The first kappa shape index (κ1) is 23.6. The van der Waals surface area contributed by atoms with E-state index < -0.39 is 65.6 Å². The lowest BCUT2D eigenvalue weighted by Gasteiger charge is -2.23. The van der Waals surface area contributed by atoms with Crippen LogP contribution in [0.15, 0.2) is 18.2 Å². The van der Waals surface area contributed by atoms with Gasteiger partial charge in [-0.15, -0.1) is 0 Å². The molecule has 28 heavy (non-hydrogen) atoms. The predicted octanol–water partition coefficient (Wildman–Crippen LogP) is 4.63. The monoisotopic (exact) mass is 415 g/mol. The highest BCUT2D eigenvalue weighted by atomic mass is 19.4. The maximum atomic E-state index is 12.9. The normalized spacial score (nSPS) is 13.8. The minimum Gasteiger partial charge on any atom is -0.481 e. The molecule has 1 aromatic rings. The lowest BCUT2D eigenvalue weighted by molar-refractivity contribution is -0.143. The van der Waals surface area contributed by atoms with Gasteiger partial charge in [0, 0.05) is 6.04 Å². The van der Waals surface area contributed by atoms with Crippen LogP contribution in [0.25, 0.3) is 0 Å². The fourth-order valence-corrected chi connectivity index (χ4v) is 2.28. The number of hydrogen-bond acceptors (Lipinski definition) is 3. The third-order valence-electron chi connectivity index (χ3n) is 3.27. The Hall–Kier alpha value is -2.46. The Bertz CT molecular complexity index is 690. The Morgan fingerprint density at radius 1 is 1.00 bits per heavy atom. The Morgan fingerprint density at radius 2 is 1.46 bits per heavy atom. The van der Waals surface area contributed by atoms with Crippen LogP contribution in [0.2, 0.25) is 0 Å². The quantitative estimate of drug-likeness (QED) is 0.688. The number of aliphatic carboxylic acids is 1. The van der Waals surface area contributed by atoms with Crippen LogP contribution in [0.4, 0.5) is 31.1 Å². The van der Waals surface area contributed by atoms with Gasteiger partial charge in [-0.3, -0.25) is 4.79 Å². The molecular weight excluding hydrogens is 396 g/mol. The summed E-state index contributed by atoms with van der Waals surface area (Å²) < 4.78 is 82.5. The number of amides is 1. The van der Waals surface area contributed by atoms with E-state index in [0.29, 0.717) is 12.1 Å². The summed E-state index contributed by atoms with van der Waals surface area (Å²) in [5.74, 6) is -1.40. The van der Waals surface area contributed by atoms with Gasteiger partial charge in [-0.1, -0.05) is 0 Å². The van der Waals surface area contributed by atoms with Gasteiger partial charge < -0.3 is 15.2 Å². The number of carboxylic acid groups (broad SMARTS) is 1. The number of carbonyl (C=O) groups excluding carboxylic acids is 1. The number of hydrogen-bond donors (Lipinski definition) is 2. The molecule has 0 aliphatic rings. The van der Waals surface area contributed by atoms with E-state index >= 15 is 0 Å². The zero-order valence-electron chi connectivity index (χ0n) is 15.2. The van der Waals surface area contributed by atoms with Crippen LogP contribution in [0.1, 0.15) is 43.9 Å². The van der Waals surface area contributed by atoms with Gasteiger partial charge in [-0.2, -0.15) is 26.3 Å². The fourth-order valence-electron chi connectivity index (χ4n) is 2.28. The average Bonchev–Trinajstić information content (AvgIpc) is 2.41. The number of carbonyl (C=O) groups is 2. The molecule has 0 saturated heterocycles. The highest BCUT2D eigenvalue weighted by Gasteiger charge is 2.37. The van der Waals surface area contributed by atoms with Crippen molar-refractivity contribution < 1.29 is 45.8 Å². The number of ether oxygens (including phenoxy) is 1. The summed E-state index contributed by atoms with van der Waals surface area (Å²) in [6.45, 7) is 4.59. The van der Waals surface area contributed by atoms with Gasteiger partial charge in [0.2, 0.25) is 0 Å². The van der Waals surface area contributed by atoms with E-state index in [1.54, 1.807) is 0 Å². The molecule has 0 saturated carbocycles. The summed E-state index contributed by atoms with van der Waals surface area (Å²) in [6, 6.07) is -0.337. The Labute approximate surface area is 156 Å². The van der Waals surface area contributed by atoms with E-state index in [0.717, 1.165) is 0 Å². The van der Waals surface area contributed by atoms with Crippen LogP contribution in [0.5, 0.6) is 0 Å². The van der Waals surface area contributed by atoms with Gasteiger partial charge in [0.05, 0.1) is 17.5 Å². The summed E-state index contributed by atoms with van der Waals surface area (Å²) in [5.41, 5.74) is -4.41. The van der Waals surface area contributed by atoms with Crippen molar-refractivity contribution in [3.8, 4) is 0 Å². The molecule has 1 atom stereocenters. The number of alkyl carbamates (subject to hydrolysis) is 1. The van der Waals surface area contributed by atoms with Crippen molar-refractivity contribution >= 4 is 12.1 Å². The Kier molecular flexibility index (Phi) is 6.97. The lowest BCUT2D eigenvalue weighted by atomic mass is 9.98. The molecule has 0 aliphatic heterocycles. The Balaban J connectivity index is 3.19. The maximum absolute atomic E-state index is 12.9. The van der Waals surface area contributed by atoms with Crippen molar-refractivity contribution in [2.75, 3.05) is 0 Å². The van der Waals surface area contributed by atoms with E-state index in [4.69, 9.17) is 9.84 Å². The van der Waals surface area contributed by atoms with Gasteiger partial charge in [0.1, 0.15) is 5.60 Å². The summed E-state index contributed by atoms with van der Waals surface area (Å²) in [4.78, 5) is 22.8. The maximum Gasteiger partial charge on any atom is 0.416 e. The highest BCUT2D eigenvalue weighted by Crippen LogP contribution is 2.36. The molecule has 11 heteroatoms. The minimum atomic E-state index is -5.03. The van der Waals surface area contributed by atoms with Crippen molar-refractivity contribution in [3.05, 3.63) is 34.9 Å². The van der Waals surface area contributed by atoms with Gasteiger partial charge in [-0.25, -0.2) is 4.79 Å². The van der Waals surface area contributed by atoms with Crippen LogP contribution >= 0.6 is 0 Å². The molecule has 1 aromatic carbocycles. The highest BCUT2D eigenvalue weighted by molar-refractivity contribution is 5.71. The van der Waals surface area contributed by atoms with E-state index in [1.807, 2.05) is 0 Å². The minimum absolute atomic E-state index is 0.0308. The molecule has 0 fully saturated rings. The second kappa shape index (κ2) is 8.27. The molecule has 1 rings (SSSR count).